The van der Waals surface area contributed by atoms with Crippen LogP contribution >= 0.6 is 0 Å². The normalized spacial score (nSPS) is 13.2. The largest absolute Gasteiger partial charge is 0.457 e. The van der Waals surface area contributed by atoms with E-state index in [4.69, 9.17) is 15.2 Å². The molecule has 0 saturated carbocycles. The van der Waals surface area contributed by atoms with Crippen LogP contribution in [0, 0.1) is 6.92 Å². The number of hydrogen-bond donors (Lipinski definition) is 2. The number of aryl methyl sites for hydroxylation is 1. The Labute approximate surface area is 416 Å². The summed E-state index contributed by atoms with van der Waals surface area (Å²) in [5.74, 6) is 1.76. The maximum Gasteiger partial charge on any atom is 0.137 e. The van der Waals surface area contributed by atoms with Crippen LogP contribution in [0.15, 0.2) is 164 Å². The van der Waals surface area contributed by atoms with Crippen molar-refractivity contribution in [3.05, 3.63) is 192 Å². The van der Waals surface area contributed by atoms with Crippen molar-refractivity contribution < 1.29 is 10.2 Å². The van der Waals surface area contributed by atoms with Gasteiger partial charge in [0.05, 0.1) is 33.6 Å². The fourth-order valence-electron chi connectivity index (χ4n) is 8.84. The molecule has 5 heteroatoms. The number of pyridine rings is 1. The first-order valence-electron chi connectivity index (χ1n) is 26.1. The maximum absolute atomic E-state index is 9.08. The summed E-state index contributed by atoms with van der Waals surface area (Å²) < 4.78 is 43.9. The van der Waals surface area contributed by atoms with Gasteiger partial charge in [-0.1, -0.05) is 168 Å². The molecule has 7 aromatic carbocycles. The molecule has 0 unspecified atom stereocenters. The zero-order valence-electron chi connectivity index (χ0n) is 46.6. The van der Waals surface area contributed by atoms with Gasteiger partial charge in [0.2, 0.25) is 0 Å². The number of anilines is 4. The Morgan fingerprint density at radius 1 is 0.507 bits per heavy atom. The Bertz CT molecular complexity index is 3550. The molecule has 9 aromatic rings. The topological polar surface area (TPSA) is 51.1 Å². The molecule has 0 bridgehead atoms. The van der Waals surface area contributed by atoms with E-state index in [1.54, 1.807) is 6.20 Å². The molecule has 2 N–H and O–H groups in total. The highest BCUT2D eigenvalue weighted by molar-refractivity contribution is 6.09. The number of rotatable bonds is 9. The van der Waals surface area contributed by atoms with Gasteiger partial charge in [0.15, 0.2) is 0 Å². The number of aromatic nitrogens is 2. The molecule has 0 saturated heterocycles. The van der Waals surface area contributed by atoms with Crippen LogP contribution in [0.1, 0.15) is 116 Å². The van der Waals surface area contributed by atoms with Crippen LogP contribution in [0.5, 0.6) is 11.5 Å². The number of nitrogens with zero attached hydrogens (tertiary/aromatic N) is 2. The van der Waals surface area contributed by atoms with E-state index in [1.807, 2.05) is 60.0 Å². The van der Waals surface area contributed by atoms with Crippen LogP contribution in [-0.2, 0) is 21.7 Å². The molecule has 0 aliphatic heterocycles. The summed E-state index contributed by atoms with van der Waals surface area (Å²) >= 11 is 0. The number of hydrogen-bond acceptors (Lipinski definition) is 4. The van der Waals surface area contributed by atoms with Gasteiger partial charge < -0.3 is 15.4 Å². The van der Waals surface area contributed by atoms with Crippen molar-refractivity contribution in [3.8, 4) is 39.6 Å². The molecule has 2 heterocycles. The minimum Gasteiger partial charge on any atom is -0.457 e. The zero-order valence-corrected chi connectivity index (χ0v) is 42.6. The van der Waals surface area contributed by atoms with Crippen molar-refractivity contribution in [2.24, 2.45) is 0 Å². The fourth-order valence-corrected chi connectivity index (χ4v) is 8.84. The van der Waals surface area contributed by atoms with Gasteiger partial charge in [0.25, 0.3) is 0 Å². The van der Waals surface area contributed by atoms with Crippen molar-refractivity contribution in [2.45, 2.75) is 112 Å². The van der Waals surface area contributed by atoms with E-state index in [1.165, 1.54) is 22.3 Å². The molecule has 0 aliphatic rings. The van der Waals surface area contributed by atoms with Gasteiger partial charge in [-0.2, -0.15) is 0 Å². The highest BCUT2D eigenvalue weighted by Gasteiger charge is 2.26. The second kappa shape index (κ2) is 17.8. The molecule has 0 aliphatic carbocycles. The molecule has 69 heavy (non-hydrogen) atoms. The van der Waals surface area contributed by atoms with Gasteiger partial charge in [-0.15, -0.1) is 0 Å². The lowest BCUT2D eigenvalue weighted by Crippen LogP contribution is -2.17. The molecular weight excluding hydrogens is 841 g/mol. The molecule has 0 atom stereocenters. The summed E-state index contributed by atoms with van der Waals surface area (Å²) in [6.07, 6.45) is 1.76. The summed E-state index contributed by atoms with van der Waals surface area (Å²) in [5, 5.41) is 8.87. The number of para-hydroxylation sites is 3. The van der Waals surface area contributed by atoms with Crippen molar-refractivity contribution >= 4 is 44.6 Å². The molecule has 0 spiro atoms. The van der Waals surface area contributed by atoms with Gasteiger partial charge in [-0.3, -0.25) is 4.57 Å². The first-order chi connectivity index (χ1) is 34.3. The van der Waals surface area contributed by atoms with Crippen LogP contribution in [-0.4, -0.2) is 9.55 Å². The van der Waals surface area contributed by atoms with E-state index in [9.17, 15) is 0 Å². The second-order valence-corrected chi connectivity index (χ2v) is 22.6. The molecule has 350 valence electrons. The molecule has 5 nitrogen and oxygen atoms in total. The molecule has 0 amide bonds. The van der Waals surface area contributed by atoms with Crippen LogP contribution in [0.25, 0.3) is 49.9 Å². The first-order valence-corrected chi connectivity index (χ1v) is 24.1. The number of benzene rings is 7. The van der Waals surface area contributed by atoms with E-state index < -0.39 is 0 Å². The monoisotopic (exact) mass is 913 g/mol. The minimum atomic E-state index is -0.294. The van der Waals surface area contributed by atoms with Crippen LogP contribution in [0.3, 0.4) is 0 Å². The summed E-state index contributed by atoms with van der Waals surface area (Å²) in [4.78, 5) is 4.77. The van der Waals surface area contributed by atoms with Gasteiger partial charge in [0.1, 0.15) is 17.3 Å². The Morgan fingerprint density at radius 3 is 1.75 bits per heavy atom. The van der Waals surface area contributed by atoms with Crippen molar-refractivity contribution in [1.82, 2.24) is 9.55 Å². The number of ether oxygens (including phenoxy) is 1. The maximum atomic E-state index is 9.08. The first kappa shape index (κ1) is 42.0. The van der Waals surface area contributed by atoms with E-state index in [2.05, 4.69) is 179 Å². The number of fused-ring (bicyclic) bond motifs is 3. The standard InChI is InChI=1S/C64H68N4O/c1-41-27-28-48(39-58(41)69-49-29-30-51-50-23-17-20-26-56(50)68(57(51)40-49)59-38-44(31-32-65-59)61(2,3)4)66-54-24-18-19-25-55(54)67-60-52(42-21-15-14-16-22-42)36-47(64(11,12)13)37-53(60)43-33-45(62(5,6)7)35-46(34-43)63(8,9)10/h14-40,66-67H,1-13H3/i17D,20D,23D,26D. The fraction of sp³-hybridized carbons (Fsp3) is 0.266. The minimum absolute atomic E-state index is 0.0675. The van der Waals surface area contributed by atoms with Gasteiger partial charge in [-0.25, -0.2) is 4.98 Å². The number of nitrogens with one attached hydrogen (secondary N) is 2. The molecule has 0 fully saturated rings. The third-order valence-electron chi connectivity index (χ3n) is 13.2. The third kappa shape index (κ3) is 9.79. The van der Waals surface area contributed by atoms with Gasteiger partial charge in [-0.05, 0) is 128 Å². The van der Waals surface area contributed by atoms with Gasteiger partial charge in [0, 0.05) is 45.9 Å². The Kier molecular flexibility index (Phi) is 10.8. The van der Waals surface area contributed by atoms with Crippen molar-refractivity contribution in [3.63, 3.8) is 0 Å². The Hall–Kier alpha value is -7.11. The summed E-state index contributed by atoms with van der Waals surface area (Å²) in [5.41, 5.74) is 14.6. The van der Waals surface area contributed by atoms with Crippen molar-refractivity contribution in [1.29, 1.82) is 0 Å². The average molecular weight is 913 g/mol. The quantitative estimate of drug-likeness (QED) is 0.151. The second-order valence-electron chi connectivity index (χ2n) is 22.6. The lowest BCUT2D eigenvalue weighted by molar-refractivity contribution is 0.480. The van der Waals surface area contributed by atoms with E-state index in [-0.39, 0.29) is 45.8 Å². The van der Waals surface area contributed by atoms with Gasteiger partial charge >= 0.3 is 0 Å². The lowest BCUT2D eigenvalue weighted by Gasteiger charge is -2.29. The van der Waals surface area contributed by atoms with E-state index in [0.717, 1.165) is 50.6 Å². The third-order valence-corrected chi connectivity index (χ3v) is 13.2. The molecular formula is C64H68N4O. The lowest BCUT2D eigenvalue weighted by atomic mass is 9.77. The Balaban J connectivity index is 1.14. The van der Waals surface area contributed by atoms with Crippen LogP contribution in [0.4, 0.5) is 22.7 Å². The Morgan fingerprint density at radius 2 is 1.10 bits per heavy atom. The van der Waals surface area contributed by atoms with E-state index in [0.29, 0.717) is 39.1 Å². The highest BCUT2D eigenvalue weighted by Crippen LogP contribution is 2.46. The summed E-state index contributed by atoms with van der Waals surface area (Å²) in [7, 11) is 0. The average Bonchev–Trinajstić information content (AvgIpc) is 3.68. The summed E-state index contributed by atoms with van der Waals surface area (Å²) in [6.45, 7) is 29.0. The zero-order chi connectivity index (χ0) is 52.5. The van der Waals surface area contributed by atoms with Crippen LogP contribution in [0.2, 0.25) is 0 Å². The van der Waals surface area contributed by atoms with E-state index >= 15 is 0 Å². The summed E-state index contributed by atoms with van der Waals surface area (Å²) in [6, 6.07) is 45.8. The molecule has 9 rings (SSSR count). The SMILES string of the molecule is [2H]c1c([2H])c([2H])c2c(c1[2H])c1ccc(Oc3cc(Nc4ccccc4Nc4c(-c5ccccc5)cc(C(C)(C)C)cc4-c4cc(C(C)(C)C)cc(C(C)(C)C)c4)ccc3C)cc1n2-c1cc(C(C)(C)C)ccn1. The molecule has 2 aromatic heterocycles. The predicted molar refractivity (Wildman–Crippen MR) is 295 cm³/mol. The highest BCUT2D eigenvalue weighted by atomic mass is 16.5. The smallest absolute Gasteiger partial charge is 0.137 e. The van der Waals surface area contributed by atoms with Crippen molar-refractivity contribution in [2.75, 3.05) is 10.6 Å². The van der Waals surface area contributed by atoms with Crippen LogP contribution < -0.4 is 15.4 Å². The predicted octanol–water partition coefficient (Wildman–Crippen LogP) is 18.3. The molecule has 0 radical (unpaired) electrons.